The summed E-state index contributed by atoms with van der Waals surface area (Å²) in [6.45, 7) is 1.47. The van der Waals surface area contributed by atoms with Gasteiger partial charge in [-0.2, -0.15) is 0 Å². The van der Waals surface area contributed by atoms with Crippen LogP contribution >= 0.6 is 22.7 Å². The number of aromatic nitrogens is 6. The minimum Gasteiger partial charge on any atom is -0.366 e. The second kappa shape index (κ2) is 13.0. The molecule has 216 valence electrons. The molecule has 0 unspecified atom stereocenters. The van der Waals surface area contributed by atoms with Crippen LogP contribution in [0.4, 0.5) is 10.3 Å². The van der Waals surface area contributed by atoms with E-state index in [9.17, 15) is 19.2 Å². The van der Waals surface area contributed by atoms with Crippen molar-refractivity contribution in [3.8, 4) is 0 Å². The summed E-state index contributed by atoms with van der Waals surface area (Å²) in [5, 5.41) is 25.1. The van der Waals surface area contributed by atoms with Crippen molar-refractivity contribution in [2.45, 2.75) is 57.3 Å². The Morgan fingerprint density at radius 1 is 0.786 bits per heavy atom. The average molecular weight is 606 g/mol. The van der Waals surface area contributed by atoms with Crippen LogP contribution in [-0.2, 0) is 22.4 Å². The molecule has 2 atom stereocenters. The van der Waals surface area contributed by atoms with Crippen LogP contribution in [0.2, 0.25) is 0 Å². The maximum Gasteiger partial charge on any atom is 0.250 e. The average Bonchev–Trinajstić information content (AvgIpc) is 3.63. The summed E-state index contributed by atoms with van der Waals surface area (Å²) < 4.78 is 0. The van der Waals surface area contributed by atoms with Crippen LogP contribution in [0.3, 0.4) is 0 Å². The van der Waals surface area contributed by atoms with Gasteiger partial charge in [0.2, 0.25) is 28.0 Å². The zero-order valence-corrected chi connectivity index (χ0v) is 24.2. The number of Topliss-reactive ketones (excluding diaryl/α,β-unsaturated/α-hetero) is 1. The lowest BCUT2D eigenvalue weighted by atomic mass is 9.82. The number of anilines is 2. The van der Waals surface area contributed by atoms with E-state index in [1.165, 1.54) is 48.1 Å². The molecule has 0 aromatic carbocycles. The predicted molar refractivity (Wildman–Crippen MR) is 155 cm³/mol. The Morgan fingerprint density at radius 2 is 1.29 bits per heavy atom. The van der Waals surface area contributed by atoms with Crippen molar-refractivity contribution in [1.29, 1.82) is 0 Å². The first-order valence-electron chi connectivity index (χ1n) is 13.2. The number of hydrogen-bond donors (Lipinski definition) is 3. The topological polar surface area (TPSA) is 196 Å². The van der Waals surface area contributed by atoms with Crippen LogP contribution in [0.5, 0.6) is 0 Å². The lowest BCUT2D eigenvalue weighted by Crippen LogP contribution is -2.16. The molecule has 4 N–H and O–H groups in total. The number of rotatable bonds is 10. The Balaban J connectivity index is 1.13. The molecule has 0 aliphatic heterocycles. The first-order valence-corrected chi connectivity index (χ1v) is 14.8. The van der Waals surface area contributed by atoms with E-state index in [-0.39, 0.29) is 47.8 Å². The number of primary amides is 1. The molecule has 0 radical (unpaired) electrons. The summed E-state index contributed by atoms with van der Waals surface area (Å²) >= 11 is 2.71. The number of ketones is 1. The SMILES string of the molecule is CC(=O)c1ccc(CC(=O)Nc2nnc([C@H]3CCC[C@H](c4nnc(NC(=O)Cc5ccc(C(N)=O)cn5)s4)C3)s2)nc1. The van der Waals surface area contributed by atoms with Crippen LogP contribution in [0.1, 0.15) is 86.6 Å². The first kappa shape index (κ1) is 29.0. The third-order valence-electron chi connectivity index (χ3n) is 6.77. The number of hydrogen-bond acceptors (Lipinski definition) is 12. The van der Waals surface area contributed by atoms with E-state index in [2.05, 4.69) is 41.0 Å². The van der Waals surface area contributed by atoms with E-state index >= 15 is 0 Å². The van der Waals surface area contributed by atoms with Gasteiger partial charge in [0.25, 0.3) is 0 Å². The van der Waals surface area contributed by atoms with Crippen LogP contribution in [0, 0.1) is 0 Å². The van der Waals surface area contributed by atoms with Crippen LogP contribution in [-0.4, -0.2) is 53.9 Å². The summed E-state index contributed by atoms with van der Waals surface area (Å²) in [6.07, 6.45) is 6.60. The van der Waals surface area contributed by atoms with Crippen molar-refractivity contribution in [2.75, 3.05) is 10.6 Å². The fourth-order valence-electron chi connectivity index (χ4n) is 4.61. The highest BCUT2D eigenvalue weighted by Crippen LogP contribution is 2.43. The van der Waals surface area contributed by atoms with Gasteiger partial charge >= 0.3 is 0 Å². The van der Waals surface area contributed by atoms with Gasteiger partial charge in [0.05, 0.1) is 18.4 Å². The lowest BCUT2D eigenvalue weighted by molar-refractivity contribution is -0.116. The van der Waals surface area contributed by atoms with E-state index in [1.807, 2.05) is 0 Å². The highest BCUT2D eigenvalue weighted by atomic mass is 32.1. The van der Waals surface area contributed by atoms with Crippen molar-refractivity contribution in [1.82, 2.24) is 30.4 Å². The number of nitrogens with one attached hydrogen (secondary N) is 2. The van der Waals surface area contributed by atoms with E-state index in [4.69, 9.17) is 5.73 Å². The van der Waals surface area contributed by atoms with Gasteiger partial charge in [-0.05, 0) is 50.5 Å². The van der Waals surface area contributed by atoms with Crippen LogP contribution < -0.4 is 16.4 Å². The molecule has 42 heavy (non-hydrogen) atoms. The number of pyridine rings is 2. The van der Waals surface area contributed by atoms with Gasteiger partial charge in [-0.3, -0.25) is 29.1 Å². The minimum absolute atomic E-state index is 0.0258. The van der Waals surface area contributed by atoms with Gasteiger partial charge in [0.15, 0.2) is 5.78 Å². The summed E-state index contributed by atoms with van der Waals surface area (Å²) in [5.41, 5.74) is 7.06. The molecule has 3 amide bonds. The fraction of sp³-hybridized carbons (Fsp3) is 0.333. The van der Waals surface area contributed by atoms with Crippen molar-refractivity contribution in [3.05, 3.63) is 69.2 Å². The highest BCUT2D eigenvalue weighted by Gasteiger charge is 2.29. The van der Waals surface area contributed by atoms with E-state index in [0.29, 0.717) is 27.2 Å². The maximum absolute atomic E-state index is 12.5. The zero-order chi connectivity index (χ0) is 29.6. The smallest absolute Gasteiger partial charge is 0.250 e. The molecule has 0 bridgehead atoms. The summed E-state index contributed by atoms with van der Waals surface area (Å²) in [7, 11) is 0. The number of amides is 3. The Morgan fingerprint density at radius 3 is 1.71 bits per heavy atom. The Bertz CT molecular complexity index is 1480. The molecular weight excluding hydrogens is 578 g/mol. The van der Waals surface area contributed by atoms with Gasteiger partial charge in [-0.15, -0.1) is 20.4 Å². The summed E-state index contributed by atoms with van der Waals surface area (Å²) in [6, 6.07) is 6.44. The largest absolute Gasteiger partial charge is 0.366 e. The number of carbonyl (C=O) groups is 4. The standard InChI is InChI=1S/C27H27N9O4S2/c1-14(37)17-5-7-19(29-12-17)10-21(38)31-26-35-33-24(41-26)15-3-2-4-16(9-15)25-34-36-27(42-25)32-22(39)11-20-8-6-18(13-30-20)23(28)40/h5-8,12-13,15-16H,2-4,9-11H2,1H3,(H2,28,40)(H,31,35,38)(H,32,36,39)/t15-,16-/m0/s1. The quantitative estimate of drug-likeness (QED) is 0.226. The van der Waals surface area contributed by atoms with Crippen molar-refractivity contribution >= 4 is 56.4 Å². The molecule has 1 saturated carbocycles. The molecule has 4 aromatic rings. The Kier molecular flexibility index (Phi) is 8.97. The van der Waals surface area contributed by atoms with Crippen molar-refractivity contribution in [2.24, 2.45) is 5.73 Å². The minimum atomic E-state index is -0.577. The van der Waals surface area contributed by atoms with Gasteiger partial charge < -0.3 is 16.4 Å². The third kappa shape index (κ3) is 7.41. The molecule has 0 spiro atoms. The molecule has 0 saturated heterocycles. The molecule has 1 aliphatic carbocycles. The summed E-state index contributed by atoms with van der Waals surface area (Å²) in [5.74, 6) is -0.866. The molecule has 4 heterocycles. The molecular formula is C27H27N9O4S2. The Hall–Kier alpha value is -4.50. The molecule has 1 fully saturated rings. The third-order valence-corrected chi connectivity index (χ3v) is 8.77. The number of carbonyl (C=O) groups excluding carboxylic acids is 4. The molecule has 15 heteroatoms. The Labute approximate surface area is 248 Å². The van der Waals surface area contributed by atoms with Crippen LogP contribution in [0.15, 0.2) is 36.7 Å². The molecule has 1 aliphatic rings. The van der Waals surface area contributed by atoms with Crippen LogP contribution in [0.25, 0.3) is 0 Å². The predicted octanol–water partition coefficient (Wildman–Crippen LogP) is 3.28. The number of nitrogens with two attached hydrogens (primary N) is 1. The monoisotopic (exact) mass is 605 g/mol. The second-order valence-electron chi connectivity index (χ2n) is 9.90. The summed E-state index contributed by atoms with van der Waals surface area (Å²) in [4.78, 5) is 55.8. The molecule has 13 nitrogen and oxygen atoms in total. The van der Waals surface area contributed by atoms with Gasteiger partial charge in [0, 0.05) is 41.2 Å². The van der Waals surface area contributed by atoms with Gasteiger partial charge in [0.1, 0.15) is 10.0 Å². The highest BCUT2D eigenvalue weighted by molar-refractivity contribution is 7.15. The van der Waals surface area contributed by atoms with E-state index in [0.717, 1.165) is 35.7 Å². The maximum atomic E-state index is 12.5. The normalized spacial score (nSPS) is 16.5. The van der Waals surface area contributed by atoms with E-state index < -0.39 is 5.91 Å². The molecule has 4 aromatic heterocycles. The first-order chi connectivity index (χ1) is 20.2. The van der Waals surface area contributed by atoms with E-state index in [1.54, 1.807) is 18.2 Å². The molecule has 5 rings (SSSR count). The van der Waals surface area contributed by atoms with Crippen molar-refractivity contribution < 1.29 is 19.2 Å². The van der Waals surface area contributed by atoms with Gasteiger partial charge in [-0.1, -0.05) is 29.1 Å². The zero-order valence-electron chi connectivity index (χ0n) is 22.6. The van der Waals surface area contributed by atoms with Gasteiger partial charge in [-0.25, -0.2) is 0 Å². The fourth-order valence-corrected chi connectivity index (χ4v) is 6.42. The number of nitrogens with zero attached hydrogens (tertiary/aromatic N) is 6. The van der Waals surface area contributed by atoms with Crippen molar-refractivity contribution in [3.63, 3.8) is 0 Å². The lowest BCUT2D eigenvalue weighted by Gasteiger charge is -2.25. The second-order valence-corrected chi connectivity index (χ2v) is 11.9.